The second-order valence-corrected chi connectivity index (χ2v) is 6.81. The summed E-state index contributed by atoms with van der Waals surface area (Å²) in [5.74, 6) is 1.05. The van der Waals surface area contributed by atoms with Gasteiger partial charge in [0.2, 0.25) is 11.9 Å². The molecule has 12 heteroatoms. The van der Waals surface area contributed by atoms with Crippen LogP contribution in [0.2, 0.25) is 0 Å². The van der Waals surface area contributed by atoms with Crippen molar-refractivity contribution in [3.05, 3.63) is 20.7 Å². The number of aromatic nitrogens is 8. The number of nitrogens with two attached hydrogens (primary N) is 1. The third kappa shape index (κ3) is 2.69. The number of H-pyrrole nitrogens is 4. The Morgan fingerprint density at radius 1 is 0.714 bits per heavy atom. The largest absolute Gasteiger partial charge is 0.369 e. The van der Waals surface area contributed by atoms with E-state index in [2.05, 4.69) is 44.8 Å². The van der Waals surface area contributed by atoms with Crippen molar-refractivity contribution in [2.24, 2.45) is 0 Å². The molecule has 5 heterocycles. The molecule has 6 N–H and O–H groups in total. The van der Waals surface area contributed by atoms with E-state index < -0.39 is 5.56 Å². The predicted octanol–water partition coefficient (Wildman–Crippen LogP) is 0.235. The monoisotopic (exact) mass is 382 g/mol. The summed E-state index contributed by atoms with van der Waals surface area (Å²) in [7, 11) is 0. The summed E-state index contributed by atoms with van der Waals surface area (Å²) in [6, 6.07) is 0. The molecule has 0 spiro atoms. The average molecular weight is 382 g/mol. The van der Waals surface area contributed by atoms with E-state index in [-0.39, 0.29) is 39.8 Å². The summed E-state index contributed by atoms with van der Waals surface area (Å²) < 4.78 is 0. The maximum atomic E-state index is 12.5. The van der Waals surface area contributed by atoms with Gasteiger partial charge in [-0.25, -0.2) is 9.97 Å². The standard InChI is InChI=1S/C16H18N10O2/c17-15-22-9-7(13(27)24-15)18-11(20-9)12-19-8-10(21-12)23-16(25-14(8)28)26-5-3-1-2-4-6-26/h1-6H2,(H2,19,21,23,25,28)(H4,17,18,20,22,24,27). The Balaban J connectivity index is 1.60. The van der Waals surface area contributed by atoms with Gasteiger partial charge in [-0.2, -0.15) is 9.97 Å². The van der Waals surface area contributed by atoms with E-state index in [4.69, 9.17) is 5.73 Å². The molecule has 0 unspecified atom stereocenters. The summed E-state index contributed by atoms with van der Waals surface area (Å²) >= 11 is 0. The zero-order valence-corrected chi connectivity index (χ0v) is 14.9. The number of nitrogens with zero attached hydrogens (tertiary/aromatic N) is 5. The number of rotatable bonds is 2. The molecule has 0 radical (unpaired) electrons. The Hall–Kier alpha value is -3.70. The zero-order chi connectivity index (χ0) is 19.3. The van der Waals surface area contributed by atoms with Crippen LogP contribution in [-0.2, 0) is 0 Å². The third-order valence-corrected chi connectivity index (χ3v) is 4.86. The normalized spacial score (nSPS) is 15.4. The maximum absolute atomic E-state index is 12.5. The first-order valence-corrected chi connectivity index (χ1v) is 9.09. The highest BCUT2D eigenvalue weighted by Crippen LogP contribution is 2.19. The molecule has 0 atom stereocenters. The van der Waals surface area contributed by atoms with Crippen LogP contribution in [0.25, 0.3) is 34.0 Å². The van der Waals surface area contributed by atoms with Crippen LogP contribution in [-0.4, -0.2) is 53.0 Å². The van der Waals surface area contributed by atoms with E-state index in [1.54, 1.807) is 0 Å². The number of aromatic amines is 4. The average Bonchev–Trinajstić information content (AvgIpc) is 3.17. The van der Waals surface area contributed by atoms with Gasteiger partial charge in [-0.05, 0) is 12.8 Å². The number of hydrogen-bond donors (Lipinski definition) is 5. The van der Waals surface area contributed by atoms with Gasteiger partial charge in [0, 0.05) is 13.1 Å². The lowest BCUT2D eigenvalue weighted by Crippen LogP contribution is -2.28. The number of hydrogen-bond acceptors (Lipinski definition) is 8. The Kier molecular flexibility index (Phi) is 3.64. The first kappa shape index (κ1) is 16.5. The van der Waals surface area contributed by atoms with Crippen molar-refractivity contribution in [1.82, 2.24) is 39.9 Å². The van der Waals surface area contributed by atoms with Gasteiger partial charge in [0.15, 0.2) is 34.0 Å². The number of anilines is 2. The fourth-order valence-electron chi connectivity index (χ4n) is 3.48. The molecule has 0 bridgehead atoms. The summed E-state index contributed by atoms with van der Waals surface area (Å²) in [6.07, 6.45) is 4.49. The van der Waals surface area contributed by atoms with E-state index in [0.29, 0.717) is 11.6 Å². The molecule has 1 aliphatic rings. The molecule has 1 aliphatic heterocycles. The first-order valence-electron chi connectivity index (χ1n) is 9.09. The molecule has 144 valence electrons. The molecule has 0 amide bonds. The lowest BCUT2D eigenvalue weighted by atomic mass is 10.2. The molecule has 1 fully saturated rings. The van der Waals surface area contributed by atoms with Gasteiger partial charge in [0.05, 0.1) is 0 Å². The molecular formula is C16H18N10O2. The summed E-state index contributed by atoms with van der Waals surface area (Å²) in [4.78, 5) is 54.7. The highest BCUT2D eigenvalue weighted by atomic mass is 16.1. The van der Waals surface area contributed by atoms with Crippen molar-refractivity contribution in [2.75, 3.05) is 23.7 Å². The van der Waals surface area contributed by atoms with Crippen LogP contribution in [0.4, 0.5) is 11.9 Å². The predicted molar refractivity (Wildman–Crippen MR) is 103 cm³/mol. The van der Waals surface area contributed by atoms with Crippen molar-refractivity contribution in [3.63, 3.8) is 0 Å². The minimum Gasteiger partial charge on any atom is -0.369 e. The van der Waals surface area contributed by atoms with Crippen molar-refractivity contribution < 1.29 is 0 Å². The second-order valence-electron chi connectivity index (χ2n) is 6.81. The Labute approximate surface area is 156 Å². The van der Waals surface area contributed by atoms with Gasteiger partial charge in [-0.3, -0.25) is 19.6 Å². The van der Waals surface area contributed by atoms with Gasteiger partial charge >= 0.3 is 0 Å². The molecule has 4 aromatic rings. The minimum atomic E-state index is -0.434. The van der Waals surface area contributed by atoms with E-state index in [9.17, 15) is 9.59 Å². The van der Waals surface area contributed by atoms with Crippen LogP contribution >= 0.6 is 0 Å². The van der Waals surface area contributed by atoms with E-state index in [0.717, 1.165) is 25.9 Å². The number of nitrogen functional groups attached to an aromatic ring is 1. The van der Waals surface area contributed by atoms with Crippen LogP contribution < -0.4 is 21.8 Å². The third-order valence-electron chi connectivity index (χ3n) is 4.86. The van der Waals surface area contributed by atoms with Gasteiger partial charge in [0.1, 0.15) is 0 Å². The van der Waals surface area contributed by atoms with Gasteiger partial charge in [-0.15, -0.1) is 0 Å². The lowest BCUT2D eigenvalue weighted by molar-refractivity contribution is 0.726. The fraction of sp³-hybridized carbons (Fsp3) is 0.375. The van der Waals surface area contributed by atoms with Crippen molar-refractivity contribution in [1.29, 1.82) is 0 Å². The molecular weight excluding hydrogens is 364 g/mol. The topological polar surface area (TPSA) is 178 Å². The summed E-state index contributed by atoms with van der Waals surface area (Å²) in [5, 5.41) is 0. The van der Waals surface area contributed by atoms with Crippen molar-refractivity contribution in [2.45, 2.75) is 25.7 Å². The minimum absolute atomic E-state index is 0.0274. The molecule has 5 rings (SSSR count). The highest BCUT2D eigenvalue weighted by molar-refractivity contribution is 5.78. The number of imidazole rings is 2. The zero-order valence-electron chi connectivity index (χ0n) is 14.9. The molecule has 0 saturated carbocycles. The Morgan fingerprint density at radius 3 is 1.93 bits per heavy atom. The number of fused-ring (bicyclic) bond motifs is 2. The van der Waals surface area contributed by atoms with Gasteiger partial charge in [-0.1, -0.05) is 12.8 Å². The number of nitrogens with one attached hydrogen (secondary N) is 4. The van der Waals surface area contributed by atoms with Crippen LogP contribution in [0.3, 0.4) is 0 Å². The van der Waals surface area contributed by atoms with E-state index >= 15 is 0 Å². The smallest absolute Gasteiger partial charge is 0.278 e. The summed E-state index contributed by atoms with van der Waals surface area (Å²) in [5.41, 5.74) is 5.69. The Morgan fingerprint density at radius 2 is 1.29 bits per heavy atom. The quantitative estimate of drug-likeness (QED) is 0.327. The van der Waals surface area contributed by atoms with Crippen LogP contribution in [0.15, 0.2) is 9.59 Å². The van der Waals surface area contributed by atoms with Crippen molar-refractivity contribution in [3.8, 4) is 11.6 Å². The van der Waals surface area contributed by atoms with Crippen LogP contribution in [0.1, 0.15) is 25.7 Å². The molecule has 4 aromatic heterocycles. The maximum Gasteiger partial charge on any atom is 0.278 e. The van der Waals surface area contributed by atoms with Crippen LogP contribution in [0.5, 0.6) is 0 Å². The molecule has 12 nitrogen and oxygen atoms in total. The molecule has 28 heavy (non-hydrogen) atoms. The first-order chi connectivity index (χ1) is 13.6. The molecule has 0 aliphatic carbocycles. The fourth-order valence-corrected chi connectivity index (χ4v) is 3.48. The highest BCUT2D eigenvalue weighted by Gasteiger charge is 2.18. The Bertz CT molecular complexity index is 1290. The van der Waals surface area contributed by atoms with E-state index in [1.165, 1.54) is 12.8 Å². The molecule has 0 aromatic carbocycles. The summed E-state index contributed by atoms with van der Waals surface area (Å²) in [6.45, 7) is 1.70. The van der Waals surface area contributed by atoms with Gasteiger partial charge in [0.25, 0.3) is 11.1 Å². The molecule has 1 saturated heterocycles. The SMILES string of the molecule is Nc1nc2nc(-c3nc4nc(N5CCCCCC5)[nH]c(=O)c4[nH]3)[nH]c2c(=O)[nH]1. The van der Waals surface area contributed by atoms with Crippen molar-refractivity contribution >= 4 is 34.2 Å². The lowest BCUT2D eigenvalue weighted by Gasteiger charge is -2.20. The van der Waals surface area contributed by atoms with Crippen LogP contribution in [0, 0.1) is 0 Å². The second kappa shape index (κ2) is 6.18. The van der Waals surface area contributed by atoms with E-state index in [1.807, 2.05) is 0 Å². The van der Waals surface area contributed by atoms with Gasteiger partial charge < -0.3 is 20.6 Å².